The number of nitrogens with zero attached hydrogens (tertiary/aromatic N) is 1. The van der Waals surface area contributed by atoms with E-state index in [0.717, 1.165) is 30.0 Å². The first kappa shape index (κ1) is 10.3. The molecule has 2 rings (SSSR count). The second-order valence-corrected chi connectivity index (χ2v) is 4.21. The topological polar surface area (TPSA) is 31.4 Å². The first-order valence-corrected chi connectivity index (χ1v) is 5.45. The van der Waals surface area contributed by atoms with Crippen molar-refractivity contribution >= 4 is 0 Å². The molecule has 82 valence electrons. The minimum atomic E-state index is 0.148. The van der Waals surface area contributed by atoms with Crippen LogP contribution in [0.4, 0.5) is 0 Å². The summed E-state index contributed by atoms with van der Waals surface area (Å²) in [6, 6.07) is 1.88. The third-order valence-corrected chi connectivity index (χ3v) is 2.22. The zero-order valence-electron chi connectivity index (χ0n) is 9.49. The molecule has 1 saturated carbocycles. The van der Waals surface area contributed by atoms with E-state index in [1.165, 1.54) is 0 Å². The first-order valence-electron chi connectivity index (χ1n) is 5.45. The maximum atomic E-state index is 5.77. The number of rotatable bonds is 4. The average molecular weight is 207 g/mol. The lowest BCUT2D eigenvalue weighted by Gasteiger charge is -2.16. The minimum absolute atomic E-state index is 0.148. The van der Waals surface area contributed by atoms with Gasteiger partial charge in [0, 0.05) is 12.3 Å². The molecule has 0 spiro atoms. The Morgan fingerprint density at radius 1 is 1.40 bits per heavy atom. The quantitative estimate of drug-likeness (QED) is 0.760. The summed E-state index contributed by atoms with van der Waals surface area (Å²) in [5, 5.41) is 0. The summed E-state index contributed by atoms with van der Waals surface area (Å²) in [6.07, 6.45) is 4.61. The van der Waals surface area contributed by atoms with Crippen molar-refractivity contribution in [1.29, 1.82) is 0 Å². The van der Waals surface area contributed by atoms with E-state index in [4.69, 9.17) is 9.47 Å². The predicted octanol–water partition coefficient (Wildman–Crippen LogP) is 2.72. The fourth-order valence-corrected chi connectivity index (χ4v) is 1.37. The van der Waals surface area contributed by atoms with Gasteiger partial charge in [-0.15, -0.1) is 0 Å². The summed E-state index contributed by atoms with van der Waals surface area (Å²) in [6.45, 7) is 5.96. The van der Waals surface area contributed by atoms with E-state index in [0.29, 0.717) is 6.10 Å². The molecule has 1 heterocycles. The Morgan fingerprint density at radius 3 is 2.73 bits per heavy atom. The highest BCUT2D eigenvalue weighted by Crippen LogP contribution is 2.35. The Kier molecular flexibility index (Phi) is 2.80. The van der Waals surface area contributed by atoms with Gasteiger partial charge in [0.15, 0.2) is 11.5 Å². The third kappa shape index (κ3) is 2.61. The Balaban J connectivity index is 2.21. The second kappa shape index (κ2) is 4.09. The lowest BCUT2D eigenvalue weighted by molar-refractivity contribution is 0.215. The zero-order chi connectivity index (χ0) is 10.8. The largest absolute Gasteiger partial charge is 0.486 e. The normalized spacial score (nSPS) is 15.5. The molecular formula is C12H17NO2. The van der Waals surface area contributed by atoms with Gasteiger partial charge in [0.2, 0.25) is 0 Å². The molecule has 1 aliphatic rings. The van der Waals surface area contributed by atoms with E-state index >= 15 is 0 Å². The Morgan fingerprint density at radius 2 is 2.13 bits per heavy atom. The van der Waals surface area contributed by atoms with Crippen LogP contribution in [0.2, 0.25) is 0 Å². The van der Waals surface area contributed by atoms with Gasteiger partial charge in [-0.1, -0.05) is 0 Å². The summed E-state index contributed by atoms with van der Waals surface area (Å²) in [4.78, 5) is 4.22. The lowest BCUT2D eigenvalue weighted by atomic mass is 10.3. The summed E-state index contributed by atoms with van der Waals surface area (Å²) in [5.41, 5.74) is 0.891. The molecule has 0 atom stereocenters. The third-order valence-electron chi connectivity index (χ3n) is 2.22. The molecule has 1 aromatic heterocycles. The van der Waals surface area contributed by atoms with Crippen molar-refractivity contribution in [2.75, 3.05) is 0 Å². The lowest BCUT2D eigenvalue weighted by Crippen LogP contribution is -2.09. The van der Waals surface area contributed by atoms with Crippen LogP contribution < -0.4 is 9.47 Å². The molecule has 0 bridgehead atoms. The van der Waals surface area contributed by atoms with Crippen LogP contribution in [0.3, 0.4) is 0 Å². The Hall–Kier alpha value is -1.25. The molecule has 0 radical (unpaired) electrons. The van der Waals surface area contributed by atoms with Gasteiger partial charge < -0.3 is 9.47 Å². The molecule has 0 aliphatic heterocycles. The maximum Gasteiger partial charge on any atom is 0.182 e. The zero-order valence-corrected chi connectivity index (χ0v) is 9.49. The van der Waals surface area contributed by atoms with Gasteiger partial charge in [0.25, 0.3) is 0 Å². The van der Waals surface area contributed by atoms with Crippen LogP contribution in [0.25, 0.3) is 0 Å². The van der Waals surface area contributed by atoms with E-state index in [1.54, 1.807) is 6.20 Å². The summed E-state index contributed by atoms with van der Waals surface area (Å²) < 4.78 is 11.5. The smallest absolute Gasteiger partial charge is 0.182 e. The van der Waals surface area contributed by atoms with E-state index in [1.807, 2.05) is 26.8 Å². The standard InChI is InChI=1S/C12H17NO2/c1-8(2)14-12-9(3)13-7-6-11(12)15-10-4-5-10/h6-8,10H,4-5H2,1-3H3. The van der Waals surface area contributed by atoms with Crippen LogP contribution >= 0.6 is 0 Å². The van der Waals surface area contributed by atoms with Crippen LogP contribution in [0.1, 0.15) is 32.4 Å². The highest BCUT2D eigenvalue weighted by atomic mass is 16.5. The van der Waals surface area contributed by atoms with Crippen LogP contribution in [0.5, 0.6) is 11.5 Å². The maximum absolute atomic E-state index is 5.77. The van der Waals surface area contributed by atoms with E-state index < -0.39 is 0 Å². The molecule has 0 saturated heterocycles. The highest BCUT2D eigenvalue weighted by Gasteiger charge is 2.25. The fourth-order valence-electron chi connectivity index (χ4n) is 1.37. The molecule has 0 unspecified atom stereocenters. The summed E-state index contributed by atoms with van der Waals surface area (Å²) in [7, 11) is 0. The number of aromatic nitrogens is 1. The molecular weight excluding hydrogens is 190 g/mol. The van der Waals surface area contributed by atoms with Gasteiger partial charge in [0.05, 0.1) is 17.9 Å². The Bertz CT molecular complexity index is 345. The molecule has 1 aromatic rings. The van der Waals surface area contributed by atoms with Crippen molar-refractivity contribution in [1.82, 2.24) is 4.98 Å². The van der Waals surface area contributed by atoms with Gasteiger partial charge in [-0.25, -0.2) is 0 Å². The SMILES string of the molecule is Cc1nccc(OC2CC2)c1OC(C)C. The van der Waals surface area contributed by atoms with Crippen molar-refractivity contribution < 1.29 is 9.47 Å². The average Bonchev–Trinajstić information content (AvgIpc) is 2.94. The first-order chi connectivity index (χ1) is 7.16. The van der Waals surface area contributed by atoms with Crippen molar-refractivity contribution in [2.45, 2.75) is 45.8 Å². The molecule has 1 fully saturated rings. The molecule has 0 N–H and O–H groups in total. The fraction of sp³-hybridized carbons (Fsp3) is 0.583. The van der Waals surface area contributed by atoms with Crippen LogP contribution in [0, 0.1) is 6.92 Å². The van der Waals surface area contributed by atoms with Gasteiger partial charge in [0.1, 0.15) is 0 Å². The molecule has 15 heavy (non-hydrogen) atoms. The van der Waals surface area contributed by atoms with E-state index in [-0.39, 0.29) is 6.10 Å². The molecule has 0 aromatic carbocycles. The van der Waals surface area contributed by atoms with Gasteiger partial charge in [-0.3, -0.25) is 4.98 Å². The van der Waals surface area contributed by atoms with Crippen LogP contribution in [-0.4, -0.2) is 17.2 Å². The van der Waals surface area contributed by atoms with Gasteiger partial charge in [-0.2, -0.15) is 0 Å². The number of aryl methyl sites for hydroxylation is 1. The molecule has 1 aliphatic carbocycles. The van der Waals surface area contributed by atoms with Gasteiger partial charge >= 0.3 is 0 Å². The molecule has 3 heteroatoms. The molecule has 0 amide bonds. The summed E-state index contributed by atoms with van der Waals surface area (Å²) >= 11 is 0. The van der Waals surface area contributed by atoms with Crippen molar-refractivity contribution in [3.63, 3.8) is 0 Å². The summed E-state index contributed by atoms with van der Waals surface area (Å²) in [5.74, 6) is 1.62. The number of ether oxygens (including phenoxy) is 2. The predicted molar refractivity (Wildman–Crippen MR) is 58.4 cm³/mol. The second-order valence-electron chi connectivity index (χ2n) is 4.21. The number of hydrogen-bond donors (Lipinski definition) is 0. The monoisotopic (exact) mass is 207 g/mol. The minimum Gasteiger partial charge on any atom is -0.486 e. The Labute approximate surface area is 90.4 Å². The number of hydrogen-bond acceptors (Lipinski definition) is 3. The van der Waals surface area contributed by atoms with Crippen molar-refractivity contribution in [3.05, 3.63) is 18.0 Å². The van der Waals surface area contributed by atoms with Crippen molar-refractivity contribution in [2.24, 2.45) is 0 Å². The van der Waals surface area contributed by atoms with Crippen LogP contribution in [-0.2, 0) is 0 Å². The van der Waals surface area contributed by atoms with Gasteiger partial charge in [-0.05, 0) is 33.6 Å². The van der Waals surface area contributed by atoms with E-state index in [2.05, 4.69) is 4.98 Å². The van der Waals surface area contributed by atoms with Crippen molar-refractivity contribution in [3.8, 4) is 11.5 Å². The van der Waals surface area contributed by atoms with E-state index in [9.17, 15) is 0 Å². The molecule has 3 nitrogen and oxygen atoms in total. The van der Waals surface area contributed by atoms with Crippen LogP contribution in [0.15, 0.2) is 12.3 Å². The highest BCUT2D eigenvalue weighted by molar-refractivity contribution is 5.42. The number of pyridine rings is 1.